The van der Waals surface area contributed by atoms with Crippen molar-refractivity contribution >= 4 is 5.69 Å². The van der Waals surface area contributed by atoms with E-state index in [2.05, 4.69) is 38.2 Å². The maximum absolute atomic E-state index is 5.70. The average Bonchev–Trinajstić information content (AvgIpc) is 2.28. The molecule has 0 aromatic heterocycles. The van der Waals surface area contributed by atoms with Crippen LogP contribution in [0.4, 0.5) is 5.69 Å². The van der Waals surface area contributed by atoms with Gasteiger partial charge < -0.3 is 10.1 Å². The van der Waals surface area contributed by atoms with Crippen LogP contribution >= 0.6 is 0 Å². The van der Waals surface area contributed by atoms with Gasteiger partial charge in [-0.05, 0) is 44.0 Å². The molecule has 0 radical (unpaired) electrons. The van der Waals surface area contributed by atoms with E-state index in [4.69, 9.17) is 4.74 Å². The van der Waals surface area contributed by atoms with Gasteiger partial charge in [0.05, 0.1) is 6.10 Å². The van der Waals surface area contributed by atoms with Crippen LogP contribution < -0.4 is 10.1 Å². The SMILES string of the molecule is CCCNc1ccc(OC(C)CC)cc1. The minimum absolute atomic E-state index is 0.291. The quantitative estimate of drug-likeness (QED) is 0.768. The summed E-state index contributed by atoms with van der Waals surface area (Å²) in [5.41, 5.74) is 1.16. The van der Waals surface area contributed by atoms with Gasteiger partial charge in [-0.2, -0.15) is 0 Å². The van der Waals surface area contributed by atoms with Crippen LogP contribution in [0.1, 0.15) is 33.6 Å². The molecule has 0 bridgehead atoms. The van der Waals surface area contributed by atoms with Gasteiger partial charge in [-0.1, -0.05) is 13.8 Å². The predicted octanol–water partition coefficient (Wildman–Crippen LogP) is 3.69. The van der Waals surface area contributed by atoms with Crippen molar-refractivity contribution in [3.63, 3.8) is 0 Å². The second kappa shape index (κ2) is 6.33. The molecule has 2 heteroatoms. The molecule has 1 atom stereocenters. The van der Waals surface area contributed by atoms with Crippen molar-refractivity contribution in [1.29, 1.82) is 0 Å². The van der Waals surface area contributed by atoms with Gasteiger partial charge in [-0.3, -0.25) is 0 Å². The minimum Gasteiger partial charge on any atom is -0.491 e. The van der Waals surface area contributed by atoms with Gasteiger partial charge in [0, 0.05) is 12.2 Å². The summed E-state index contributed by atoms with van der Waals surface area (Å²) in [6.45, 7) is 7.39. The number of ether oxygens (including phenoxy) is 1. The van der Waals surface area contributed by atoms with E-state index in [1.165, 1.54) is 0 Å². The summed E-state index contributed by atoms with van der Waals surface area (Å²) in [5.74, 6) is 0.950. The number of hydrogen-bond acceptors (Lipinski definition) is 2. The summed E-state index contributed by atoms with van der Waals surface area (Å²) < 4.78 is 5.70. The first-order valence-corrected chi connectivity index (χ1v) is 5.76. The Bertz CT molecular complexity index is 268. The molecule has 0 spiro atoms. The second-order valence-electron chi connectivity index (χ2n) is 3.79. The molecule has 0 saturated carbocycles. The smallest absolute Gasteiger partial charge is 0.119 e. The molecule has 0 heterocycles. The highest BCUT2D eigenvalue weighted by Gasteiger charge is 2.00. The van der Waals surface area contributed by atoms with Gasteiger partial charge in [-0.15, -0.1) is 0 Å². The van der Waals surface area contributed by atoms with Gasteiger partial charge in [0.2, 0.25) is 0 Å². The van der Waals surface area contributed by atoms with E-state index >= 15 is 0 Å². The van der Waals surface area contributed by atoms with Crippen molar-refractivity contribution < 1.29 is 4.74 Å². The van der Waals surface area contributed by atoms with Crippen molar-refractivity contribution in [1.82, 2.24) is 0 Å². The lowest BCUT2D eigenvalue weighted by Gasteiger charge is -2.13. The molecule has 0 aliphatic heterocycles. The fourth-order valence-corrected chi connectivity index (χ4v) is 1.24. The summed E-state index contributed by atoms with van der Waals surface area (Å²) in [6, 6.07) is 8.16. The third-order valence-corrected chi connectivity index (χ3v) is 2.35. The summed E-state index contributed by atoms with van der Waals surface area (Å²) in [4.78, 5) is 0. The Morgan fingerprint density at radius 1 is 1.20 bits per heavy atom. The first-order valence-electron chi connectivity index (χ1n) is 5.76. The van der Waals surface area contributed by atoms with Crippen LogP contribution in [0.15, 0.2) is 24.3 Å². The zero-order valence-corrected chi connectivity index (χ0v) is 9.92. The van der Waals surface area contributed by atoms with Crippen molar-refractivity contribution in [3.8, 4) is 5.75 Å². The molecule has 1 N–H and O–H groups in total. The van der Waals surface area contributed by atoms with Crippen LogP contribution in [0.25, 0.3) is 0 Å². The van der Waals surface area contributed by atoms with Crippen LogP contribution in [0.3, 0.4) is 0 Å². The number of benzene rings is 1. The van der Waals surface area contributed by atoms with E-state index in [0.29, 0.717) is 6.10 Å². The Hall–Kier alpha value is -1.18. The number of anilines is 1. The van der Waals surface area contributed by atoms with E-state index in [1.54, 1.807) is 0 Å². The Balaban J connectivity index is 2.48. The summed E-state index contributed by atoms with van der Waals surface area (Å²) in [5, 5.41) is 3.33. The normalized spacial score (nSPS) is 12.2. The van der Waals surface area contributed by atoms with Crippen molar-refractivity contribution in [2.75, 3.05) is 11.9 Å². The fourth-order valence-electron chi connectivity index (χ4n) is 1.24. The van der Waals surface area contributed by atoms with Crippen molar-refractivity contribution in [2.24, 2.45) is 0 Å². The first kappa shape index (κ1) is 11.9. The Morgan fingerprint density at radius 3 is 2.40 bits per heavy atom. The van der Waals surface area contributed by atoms with Gasteiger partial charge in [0.1, 0.15) is 5.75 Å². The van der Waals surface area contributed by atoms with Gasteiger partial charge in [0.15, 0.2) is 0 Å². The summed E-state index contributed by atoms with van der Waals surface area (Å²) >= 11 is 0. The summed E-state index contributed by atoms with van der Waals surface area (Å²) in [7, 11) is 0. The molecule has 15 heavy (non-hydrogen) atoms. The van der Waals surface area contributed by atoms with Crippen molar-refractivity contribution in [2.45, 2.75) is 39.7 Å². The highest BCUT2D eigenvalue weighted by molar-refractivity contribution is 5.46. The number of nitrogens with one attached hydrogen (secondary N) is 1. The monoisotopic (exact) mass is 207 g/mol. The van der Waals surface area contributed by atoms with E-state index in [9.17, 15) is 0 Å². The van der Waals surface area contributed by atoms with Gasteiger partial charge in [0.25, 0.3) is 0 Å². The molecule has 0 aliphatic carbocycles. The Kier molecular flexibility index (Phi) is 5.02. The molecule has 0 saturated heterocycles. The third kappa shape index (κ3) is 4.24. The Morgan fingerprint density at radius 2 is 1.87 bits per heavy atom. The van der Waals surface area contributed by atoms with Crippen LogP contribution in [-0.2, 0) is 0 Å². The van der Waals surface area contributed by atoms with E-state index < -0.39 is 0 Å². The number of hydrogen-bond donors (Lipinski definition) is 1. The highest BCUT2D eigenvalue weighted by atomic mass is 16.5. The average molecular weight is 207 g/mol. The van der Waals surface area contributed by atoms with E-state index in [-0.39, 0.29) is 0 Å². The largest absolute Gasteiger partial charge is 0.491 e. The topological polar surface area (TPSA) is 21.3 Å². The molecular weight excluding hydrogens is 186 g/mol. The molecule has 2 nitrogen and oxygen atoms in total. The van der Waals surface area contributed by atoms with Gasteiger partial charge >= 0.3 is 0 Å². The lowest BCUT2D eigenvalue weighted by atomic mass is 10.2. The Labute approximate surface area is 92.6 Å². The molecule has 1 aromatic rings. The molecule has 0 aliphatic rings. The van der Waals surface area contributed by atoms with E-state index in [0.717, 1.165) is 30.8 Å². The number of rotatable bonds is 6. The predicted molar refractivity (Wildman–Crippen MR) is 65.6 cm³/mol. The molecular formula is C13H21NO. The molecule has 0 fully saturated rings. The molecule has 1 aromatic carbocycles. The van der Waals surface area contributed by atoms with Crippen LogP contribution in [0.2, 0.25) is 0 Å². The molecule has 1 unspecified atom stereocenters. The van der Waals surface area contributed by atoms with Gasteiger partial charge in [-0.25, -0.2) is 0 Å². The lowest BCUT2D eigenvalue weighted by molar-refractivity contribution is 0.217. The van der Waals surface area contributed by atoms with E-state index in [1.807, 2.05) is 12.1 Å². The summed E-state index contributed by atoms with van der Waals surface area (Å²) in [6.07, 6.45) is 2.47. The zero-order valence-electron chi connectivity index (χ0n) is 9.92. The molecule has 0 amide bonds. The van der Waals surface area contributed by atoms with Crippen molar-refractivity contribution in [3.05, 3.63) is 24.3 Å². The standard InChI is InChI=1S/C13H21NO/c1-4-10-14-12-6-8-13(9-7-12)15-11(3)5-2/h6-9,11,14H,4-5,10H2,1-3H3. The molecule has 1 rings (SSSR count). The third-order valence-electron chi connectivity index (χ3n) is 2.35. The zero-order chi connectivity index (χ0) is 11.1. The lowest BCUT2D eigenvalue weighted by Crippen LogP contribution is -2.09. The van der Waals surface area contributed by atoms with Crippen LogP contribution in [0, 0.1) is 0 Å². The second-order valence-corrected chi connectivity index (χ2v) is 3.79. The highest BCUT2D eigenvalue weighted by Crippen LogP contribution is 2.17. The maximum atomic E-state index is 5.70. The minimum atomic E-state index is 0.291. The molecule has 84 valence electrons. The van der Waals surface area contributed by atoms with Crippen LogP contribution in [0.5, 0.6) is 5.75 Å². The maximum Gasteiger partial charge on any atom is 0.119 e. The first-order chi connectivity index (χ1) is 7.26. The fraction of sp³-hybridized carbons (Fsp3) is 0.538. The van der Waals surface area contributed by atoms with Crippen LogP contribution in [-0.4, -0.2) is 12.6 Å².